The second-order valence-electron chi connectivity index (χ2n) is 5.46. The van der Waals surface area contributed by atoms with E-state index < -0.39 is 6.10 Å². The molecular weight excluding hydrogens is 282 g/mol. The van der Waals surface area contributed by atoms with Gasteiger partial charge in [-0.15, -0.1) is 0 Å². The Hall–Kier alpha value is -2.67. The van der Waals surface area contributed by atoms with E-state index in [1.165, 1.54) is 0 Å². The zero-order valence-corrected chi connectivity index (χ0v) is 11.7. The molecule has 0 bridgehead atoms. The number of hydrogen-bond acceptors (Lipinski definition) is 5. The van der Waals surface area contributed by atoms with Gasteiger partial charge in [-0.25, -0.2) is 4.98 Å². The summed E-state index contributed by atoms with van der Waals surface area (Å²) in [5.41, 5.74) is 0.466. The van der Waals surface area contributed by atoms with Crippen molar-refractivity contribution in [1.29, 1.82) is 0 Å². The molecule has 0 amide bonds. The lowest BCUT2D eigenvalue weighted by Crippen LogP contribution is -2.51. The van der Waals surface area contributed by atoms with E-state index >= 15 is 0 Å². The van der Waals surface area contributed by atoms with Gasteiger partial charge < -0.3 is 10.4 Å². The number of rotatable bonds is 3. The SMILES string of the molecule is O=c1[nH]c(N[C@H]2C[C@@H](O)[C@@H]2n2cccn2)nc2ccccc12. The third-order valence-corrected chi connectivity index (χ3v) is 4.07. The maximum atomic E-state index is 12.1. The number of hydrogen-bond donors (Lipinski definition) is 3. The van der Waals surface area contributed by atoms with Crippen molar-refractivity contribution >= 4 is 16.9 Å². The van der Waals surface area contributed by atoms with E-state index in [0.29, 0.717) is 23.3 Å². The molecule has 0 unspecified atom stereocenters. The molecule has 22 heavy (non-hydrogen) atoms. The summed E-state index contributed by atoms with van der Waals surface area (Å²) in [6.07, 6.45) is 3.63. The van der Waals surface area contributed by atoms with Crippen molar-refractivity contribution in [2.24, 2.45) is 0 Å². The van der Waals surface area contributed by atoms with Crippen molar-refractivity contribution in [3.8, 4) is 0 Å². The lowest BCUT2D eigenvalue weighted by Gasteiger charge is -2.41. The van der Waals surface area contributed by atoms with Gasteiger partial charge in [-0.05, 0) is 24.6 Å². The fourth-order valence-electron chi connectivity index (χ4n) is 2.90. The number of nitrogens with zero attached hydrogens (tertiary/aromatic N) is 3. The molecule has 1 aromatic carbocycles. The molecular formula is C15H15N5O2. The van der Waals surface area contributed by atoms with E-state index in [1.54, 1.807) is 23.0 Å². The van der Waals surface area contributed by atoms with Crippen LogP contribution in [0.25, 0.3) is 10.9 Å². The van der Waals surface area contributed by atoms with E-state index in [-0.39, 0.29) is 17.6 Å². The summed E-state index contributed by atoms with van der Waals surface area (Å²) in [6.45, 7) is 0. The molecule has 1 aliphatic rings. The van der Waals surface area contributed by atoms with Gasteiger partial charge in [-0.1, -0.05) is 12.1 Å². The van der Waals surface area contributed by atoms with Gasteiger partial charge in [0.25, 0.3) is 5.56 Å². The van der Waals surface area contributed by atoms with Crippen LogP contribution in [0.5, 0.6) is 0 Å². The Kier molecular flexibility index (Phi) is 2.93. The summed E-state index contributed by atoms with van der Waals surface area (Å²) < 4.78 is 1.73. The van der Waals surface area contributed by atoms with Gasteiger partial charge >= 0.3 is 0 Å². The van der Waals surface area contributed by atoms with Crippen molar-refractivity contribution < 1.29 is 5.11 Å². The number of aliphatic hydroxyl groups excluding tert-OH is 1. The number of anilines is 1. The number of aromatic amines is 1. The average Bonchev–Trinajstić information content (AvgIpc) is 3.00. The highest BCUT2D eigenvalue weighted by molar-refractivity contribution is 5.78. The quantitative estimate of drug-likeness (QED) is 0.667. The van der Waals surface area contributed by atoms with Crippen LogP contribution in [0.15, 0.2) is 47.5 Å². The summed E-state index contributed by atoms with van der Waals surface area (Å²) in [6, 6.07) is 8.82. The molecule has 7 nitrogen and oxygen atoms in total. The van der Waals surface area contributed by atoms with Crippen molar-refractivity contribution in [2.45, 2.75) is 24.6 Å². The molecule has 7 heteroatoms. The van der Waals surface area contributed by atoms with E-state index in [4.69, 9.17) is 0 Å². The smallest absolute Gasteiger partial charge is 0.260 e. The number of nitrogens with one attached hydrogen (secondary N) is 2. The first-order valence-corrected chi connectivity index (χ1v) is 7.15. The third-order valence-electron chi connectivity index (χ3n) is 4.07. The molecule has 3 aromatic rings. The highest BCUT2D eigenvalue weighted by Gasteiger charge is 2.42. The molecule has 2 heterocycles. The van der Waals surface area contributed by atoms with Crippen LogP contribution in [0.1, 0.15) is 12.5 Å². The van der Waals surface area contributed by atoms with Gasteiger partial charge in [-0.2, -0.15) is 5.10 Å². The Balaban J connectivity index is 1.63. The van der Waals surface area contributed by atoms with Gasteiger partial charge in [0.15, 0.2) is 0 Å². The Morgan fingerprint density at radius 3 is 2.95 bits per heavy atom. The molecule has 1 aliphatic carbocycles. The summed E-state index contributed by atoms with van der Waals surface area (Å²) in [7, 11) is 0. The second kappa shape index (κ2) is 4.96. The van der Waals surface area contributed by atoms with Gasteiger partial charge in [-0.3, -0.25) is 14.5 Å². The van der Waals surface area contributed by atoms with Crippen LogP contribution in [0.3, 0.4) is 0 Å². The molecule has 3 atom stereocenters. The Bertz CT molecular complexity index is 858. The molecule has 2 aromatic heterocycles. The van der Waals surface area contributed by atoms with E-state index in [0.717, 1.165) is 0 Å². The van der Waals surface area contributed by atoms with Gasteiger partial charge in [0.05, 0.1) is 29.1 Å². The van der Waals surface area contributed by atoms with Crippen molar-refractivity contribution in [1.82, 2.24) is 19.7 Å². The predicted octanol–water partition coefficient (Wildman–Crippen LogP) is 0.906. The number of aromatic nitrogens is 4. The highest BCUT2D eigenvalue weighted by atomic mass is 16.3. The van der Waals surface area contributed by atoms with Gasteiger partial charge in [0.1, 0.15) is 0 Å². The van der Waals surface area contributed by atoms with Crippen LogP contribution < -0.4 is 10.9 Å². The van der Waals surface area contributed by atoms with Gasteiger partial charge in [0.2, 0.25) is 5.95 Å². The summed E-state index contributed by atoms with van der Waals surface area (Å²) >= 11 is 0. The number of H-pyrrole nitrogens is 1. The Labute approximate surface area is 125 Å². The third kappa shape index (κ3) is 2.06. The minimum atomic E-state index is -0.454. The maximum Gasteiger partial charge on any atom is 0.260 e. The molecule has 0 spiro atoms. The number of fused-ring (bicyclic) bond motifs is 1. The maximum absolute atomic E-state index is 12.1. The first-order valence-electron chi connectivity index (χ1n) is 7.15. The molecule has 1 fully saturated rings. The lowest BCUT2D eigenvalue weighted by molar-refractivity contribution is 0.0132. The molecule has 3 N–H and O–H groups in total. The van der Waals surface area contributed by atoms with Crippen molar-refractivity contribution in [3.63, 3.8) is 0 Å². The lowest BCUT2D eigenvalue weighted by atomic mass is 9.83. The Morgan fingerprint density at radius 1 is 1.32 bits per heavy atom. The van der Waals surface area contributed by atoms with E-state index in [2.05, 4.69) is 20.4 Å². The second-order valence-corrected chi connectivity index (χ2v) is 5.46. The van der Waals surface area contributed by atoms with Crippen molar-refractivity contribution in [3.05, 3.63) is 53.1 Å². The number of para-hydroxylation sites is 1. The van der Waals surface area contributed by atoms with Crippen LogP contribution in [-0.2, 0) is 0 Å². The summed E-state index contributed by atoms with van der Waals surface area (Å²) in [4.78, 5) is 19.2. The van der Waals surface area contributed by atoms with Gasteiger partial charge in [0, 0.05) is 12.4 Å². The van der Waals surface area contributed by atoms with Crippen molar-refractivity contribution in [2.75, 3.05) is 5.32 Å². The van der Waals surface area contributed by atoms with E-state index in [1.807, 2.05) is 24.4 Å². The minimum Gasteiger partial charge on any atom is -0.391 e. The van der Waals surface area contributed by atoms with Crippen LogP contribution >= 0.6 is 0 Å². The first-order chi connectivity index (χ1) is 10.7. The normalized spacial score (nSPS) is 24.1. The zero-order chi connectivity index (χ0) is 15.1. The number of benzene rings is 1. The monoisotopic (exact) mass is 297 g/mol. The average molecular weight is 297 g/mol. The molecule has 0 saturated heterocycles. The Morgan fingerprint density at radius 2 is 2.18 bits per heavy atom. The molecule has 112 valence electrons. The largest absolute Gasteiger partial charge is 0.391 e. The molecule has 4 rings (SSSR count). The highest BCUT2D eigenvalue weighted by Crippen LogP contribution is 2.34. The first kappa shape index (κ1) is 13.0. The summed E-state index contributed by atoms with van der Waals surface area (Å²) in [5, 5.41) is 17.9. The molecule has 1 saturated carbocycles. The fraction of sp³-hybridized carbons (Fsp3) is 0.267. The predicted molar refractivity (Wildman–Crippen MR) is 81.7 cm³/mol. The number of aliphatic hydroxyl groups is 1. The van der Waals surface area contributed by atoms with Crippen LogP contribution in [0, 0.1) is 0 Å². The summed E-state index contributed by atoms with van der Waals surface area (Å²) in [5.74, 6) is 0.415. The zero-order valence-electron chi connectivity index (χ0n) is 11.7. The van der Waals surface area contributed by atoms with Crippen LogP contribution in [-0.4, -0.2) is 37.0 Å². The standard InChI is InChI=1S/C15H15N5O2/c21-12-8-11(13(12)20-7-3-6-16-20)18-15-17-10-5-2-1-4-9(10)14(22)19-15/h1-7,11-13,21H,8H2,(H2,17,18,19,22)/t11-,12+,13+/m0/s1. The fourth-order valence-corrected chi connectivity index (χ4v) is 2.90. The molecule has 0 aliphatic heterocycles. The minimum absolute atomic E-state index is 0.0285. The molecule has 0 radical (unpaired) electrons. The van der Waals surface area contributed by atoms with Crippen LogP contribution in [0.4, 0.5) is 5.95 Å². The van der Waals surface area contributed by atoms with E-state index in [9.17, 15) is 9.90 Å². The topological polar surface area (TPSA) is 95.8 Å². The van der Waals surface area contributed by atoms with Crippen LogP contribution in [0.2, 0.25) is 0 Å².